The van der Waals surface area contributed by atoms with E-state index in [-0.39, 0.29) is 11.5 Å². The van der Waals surface area contributed by atoms with E-state index in [0.29, 0.717) is 11.4 Å². The lowest BCUT2D eigenvalue weighted by molar-refractivity contribution is 0.216. The second-order valence-electron chi connectivity index (χ2n) is 6.68. The Hall–Kier alpha value is -0.910. The molecule has 1 unspecified atom stereocenters. The van der Waals surface area contributed by atoms with Gasteiger partial charge in [0.25, 0.3) is 0 Å². The molecule has 0 aromatic heterocycles. The molecule has 4 nitrogen and oxygen atoms in total. The number of aryl methyl sites for hydroxylation is 1. The highest BCUT2D eigenvalue weighted by molar-refractivity contribution is 7.89. The first kappa shape index (κ1) is 18.1. The van der Waals surface area contributed by atoms with Gasteiger partial charge in [-0.25, -0.2) is 8.42 Å². The Bertz CT molecular complexity index is 589. The predicted molar refractivity (Wildman–Crippen MR) is 87.8 cm³/mol. The number of hydrogen-bond acceptors (Lipinski definition) is 3. The molecule has 0 amide bonds. The number of rotatable bonds is 5. The third-order valence-corrected chi connectivity index (χ3v) is 6.09. The molecule has 0 fully saturated rings. The molecule has 0 saturated heterocycles. The summed E-state index contributed by atoms with van der Waals surface area (Å²) in [6.45, 7) is 10.7. The molecule has 0 aliphatic rings. The molecule has 1 aromatic rings. The van der Waals surface area contributed by atoms with E-state index in [4.69, 9.17) is 0 Å². The molecule has 120 valence electrons. The summed E-state index contributed by atoms with van der Waals surface area (Å²) in [7, 11) is 0.0378. The quantitative estimate of drug-likeness (QED) is 0.909. The Morgan fingerprint density at radius 2 is 1.86 bits per heavy atom. The van der Waals surface area contributed by atoms with E-state index < -0.39 is 10.0 Å². The standard InChI is InChI=1S/C16H28N2O2S/c1-12-8-9-15(10-14(12)11-17-6)21(19,20)18(7)13(2)16(3,4)5/h8-10,13,17H,11H2,1-7H3. The van der Waals surface area contributed by atoms with E-state index in [2.05, 4.69) is 5.32 Å². The van der Waals surface area contributed by atoms with E-state index >= 15 is 0 Å². The molecule has 1 atom stereocenters. The van der Waals surface area contributed by atoms with E-state index in [9.17, 15) is 8.42 Å². The first-order valence-electron chi connectivity index (χ1n) is 7.24. The summed E-state index contributed by atoms with van der Waals surface area (Å²) in [5.41, 5.74) is 1.99. The minimum atomic E-state index is -3.47. The van der Waals surface area contributed by atoms with Crippen molar-refractivity contribution in [2.24, 2.45) is 5.41 Å². The largest absolute Gasteiger partial charge is 0.316 e. The molecule has 0 radical (unpaired) electrons. The third kappa shape index (κ3) is 4.05. The van der Waals surface area contributed by atoms with Crippen molar-refractivity contribution >= 4 is 10.0 Å². The second kappa shape index (κ2) is 6.46. The fourth-order valence-electron chi connectivity index (χ4n) is 2.11. The number of hydrogen-bond donors (Lipinski definition) is 1. The van der Waals surface area contributed by atoms with Crippen molar-refractivity contribution in [1.82, 2.24) is 9.62 Å². The van der Waals surface area contributed by atoms with Crippen molar-refractivity contribution < 1.29 is 8.42 Å². The van der Waals surface area contributed by atoms with Crippen molar-refractivity contribution in [3.63, 3.8) is 0 Å². The second-order valence-corrected chi connectivity index (χ2v) is 8.68. The van der Waals surface area contributed by atoms with E-state index in [1.807, 2.05) is 47.7 Å². The zero-order chi connectivity index (χ0) is 16.4. The molecular weight excluding hydrogens is 284 g/mol. The van der Waals surface area contributed by atoms with Crippen molar-refractivity contribution in [2.75, 3.05) is 14.1 Å². The van der Waals surface area contributed by atoms with Crippen LogP contribution in [0.1, 0.15) is 38.8 Å². The molecular formula is C16H28N2O2S. The van der Waals surface area contributed by atoms with Crippen LogP contribution in [0.15, 0.2) is 23.1 Å². The van der Waals surface area contributed by atoms with Gasteiger partial charge in [-0.2, -0.15) is 4.31 Å². The number of nitrogens with one attached hydrogen (secondary N) is 1. The van der Waals surface area contributed by atoms with Crippen LogP contribution in [0.4, 0.5) is 0 Å². The van der Waals surface area contributed by atoms with Crippen molar-refractivity contribution in [1.29, 1.82) is 0 Å². The van der Waals surface area contributed by atoms with Crippen LogP contribution in [-0.2, 0) is 16.6 Å². The van der Waals surface area contributed by atoms with Crippen LogP contribution in [-0.4, -0.2) is 32.9 Å². The van der Waals surface area contributed by atoms with Gasteiger partial charge in [-0.3, -0.25) is 0 Å². The van der Waals surface area contributed by atoms with Gasteiger partial charge in [-0.05, 0) is 49.6 Å². The SMILES string of the molecule is CNCc1cc(S(=O)(=O)N(C)C(C)C(C)(C)C)ccc1C. The summed E-state index contributed by atoms with van der Waals surface area (Å²) in [4.78, 5) is 0.358. The fourth-order valence-corrected chi connectivity index (χ4v) is 3.71. The third-order valence-electron chi connectivity index (χ3n) is 4.16. The molecule has 0 aliphatic heterocycles. The summed E-state index contributed by atoms with van der Waals surface area (Å²) >= 11 is 0. The van der Waals surface area contributed by atoms with E-state index in [1.54, 1.807) is 19.2 Å². The number of sulfonamides is 1. The molecule has 0 saturated carbocycles. The first-order valence-corrected chi connectivity index (χ1v) is 8.68. The molecule has 21 heavy (non-hydrogen) atoms. The normalized spacial score (nSPS) is 14.5. The van der Waals surface area contributed by atoms with Crippen LogP contribution in [0.5, 0.6) is 0 Å². The Morgan fingerprint density at radius 3 is 2.33 bits per heavy atom. The smallest absolute Gasteiger partial charge is 0.243 e. The Morgan fingerprint density at radius 1 is 1.29 bits per heavy atom. The molecule has 0 spiro atoms. The Kier molecular flexibility index (Phi) is 5.58. The minimum absolute atomic E-state index is 0.0865. The Balaban J connectivity index is 3.22. The number of nitrogens with zero attached hydrogens (tertiary/aromatic N) is 1. The van der Waals surface area contributed by atoms with Crippen LogP contribution in [0.3, 0.4) is 0 Å². The van der Waals surface area contributed by atoms with Gasteiger partial charge in [0.2, 0.25) is 10.0 Å². The van der Waals surface area contributed by atoms with Crippen molar-refractivity contribution in [2.45, 2.75) is 52.1 Å². The zero-order valence-corrected chi connectivity index (χ0v) is 15.0. The van der Waals surface area contributed by atoms with Crippen LogP contribution in [0, 0.1) is 12.3 Å². The highest BCUT2D eigenvalue weighted by Crippen LogP contribution is 2.28. The van der Waals surface area contributed by atoms with Gasteiger partial charge in [0, 0.05) is 19.6 Å². The average molecular weight is 312 g/mol. The first-order chi connectivity index (χ1) is 9.51. The van der Waals surface area contributed by atoms with Gasteiger partial charge in [-0.15, -0.1) is 0 Å². The lowest BCUT2D eigenvalue weighted by atomic mass is 9.88. The maximum atomic E-state index is 12.8. The number of benzene rings is 1. The summed E-state index contributed by atoms with van der Waals surface area (Å²) in [5, 5.41) is 3.07. The molecule has 0 heterocycles. The van der Waals surface area contributed by atoms with Gasteiger partial charge in [0.1, 0.15) is 0 Å². The topological polar surface area (TPSA) is 49.4 Å². The van der Waals surface area contributed by atoms with Crippen LogP contribution in [0.2, 0.25) is 0 Å². The van der Waals surface area contributed by atoms with Gasteiger partial charge in [0.15, 0.2) is 0 Å². The molecule has 1 N–H and O–H groups in total. The highest BCUT2D eigenvalue weighted by atomic mass is 32.2. The van der Waals surface area contributed by atoms with E-state index in [1.165, 1.54) is 4.31 Å². The molecule has 1 rings (SSSR count). The van der Waals surface area contributed by atoms with Gasteiger partial charge >= 0.3 is 0 Å². The molecule has 5 heteroatoms. The van der Waals surface area contributed by atoms with Gasteiger partial charge in [-0.1, -0.05) is 26.8 Å². The minimum Gasteiger partial charge on any atom is -0.316 e. The van der Waals surface area contributed by atoms with Crippen LogP contribution >= 0.6 is 0 Å². The highest BCUT2D eigenvalue weighted by Gasteiger charge is 2.32. The Labute approximate surface area is 129 Å². The van der Waals surface area contributed by atoms with Gasteiger partial charge < -0.3 is 5.32 Å². The van der Waals surface area contributed by atoms with E-state index in [0.717, 1.165) is 11.1 Å². The monoisotopic (exact) mass is 312 g/mol. The van der Waals surface area contributed by atoms with Crippen LogP contribution in [0.25, 0.3) is 0 Å². The lowest BCUT2D eigenvalue weighted by Crippen LogP contribution is -2.42. The maximum Gasteiger partial charge on any atom is 0.243 e. The summed E-state index contributed by atoms with van der Waals surface area (Å²) in [6, 6.07) is 5.24. The average Bonchev–Trinajstić information content (AvgIpc) is 2.38. The zero-order valence-electron chi connectivity index (χ0n) is 14.2. The lowest BCUT2D eigenvalue weighted by Gasteiger charge is -2.34. The molecule has 1 aromatic carbocycles. The molecule has 0 bridgehead atoms. The van der Waals surface area contributed by atoms with Gasteiger partial charge in [0.05, 0.1) is 4.90 Å². The molecule has 0 aliphatic carbocycles. The van der Waals surface area contributed by atoms with Crippen molar-refractivity contribution in [3.8, 4) is 0 Å². The fraction of sp³-hybridized carbons (Fsp3) is 0.625. The predicted octanol–water partition coefficient (Wildman–Crippen LogP) is 2.77. The summed E-state index contributed by atoms with van der Waals surface area (Å²) < 4.78 is 27.1. The maximum absolute atomic E-state index is 12.8. The summed E-state index contributed by atoms with van der Waals surface area (Å²) in [5.74, 6) is 0. The van der Waals surface area contributed by atoms with Crippen LogP contribution < -0.4 is 5.32 Å². The van der Waals surface area contributed by atoms with Crippen molar-refractivity contribution in [3.05, 3.63) is 29.3 Å². The summed E-state index contributed by atoms with van der Waals surface area (Å²) in [6.07, 6.45) is 0.